The molecule has 0 fully saturated rings. The number of rotatable bonds is 4. The van der Waals surface area contributed by atoms with E-state index in [2.05, 4.69) is 19.9 Å². The summed E-state index contributed by atoms with van der Waals surface area (Å²) in [4.78, 5) is 16.5. The molecule has 0 radical (unpaired) electrons. The summed E-state index contributed by atoms with van der Waals surface area (Å²) in [5.41, 5.74) is 4.09. The van der Waals surface area contributed by atoms with Crippen LogP contribution in [0, 0.1) is 11.6 Å². The number of aromatic nitrogens is 4. The fraction of sp³-hybridized carbons (Fsp3) is 0.263. The predicted octanol–water partition coefficient (Wildman–Crippen LogP) is 3.67. The van der Waals surface area contributed by atoms with Crippen LogP contribution in [-0.2, 0) is 19.4 Å². The molecular formula is C19H16F2N4O. The molecule has 3 heterocycles. The Balaban J connectivity index is 1.66. The molecule has 0 N–H and O–H groups in total. The van der Waals surface area contributed by atoms with E-state index < -0.39 is 11.6 Å². The van der Waals surface area contributed by atoms with Crippen LogP contribution < -0.4 is 4.74 Å². The van der Waals surface area contributed by atoms with E-state index in [4.69, 9.17) is 4.74 Å². The van der Waals surface area contributed by atoms with Crippen molar-refractivity contribution in [1.29, 1.82) is 0 Å². The van der Waals surface area contributed by atoms with E-state index in [1.165, 1.54) is 11.9 Å². The van der Waals surface area contributed by atoms with E-state index in [0.717, 1.165) is 54.8 Å². The third-order valence-corrected chi connectivity index (χ3v) is 4.39. The third kappa shape index (κ3) is 3.37. The molecule has 1 aliphatic carbocycles. The van der Waals surface area contributed by atoms with E-state index in [1.807, 2.05) is 6.07 Å². The number of nitrogens with zero attached hydrogens (tertiary/aromatic N) is 4. The van der Waals surface area contributed by atoms with Crippen LogP contribution in [0.1, 0.15) is 29.8 Å². The average molecular weight is 354 g/mol. The quantitative estimate of drug-likeness (QED) is 0.715. The molecule has 132 valence electrons. The zero-order chi connectivity index (χ0) is 17.9. The van der Waals surface area contributed by atoms with Crippen LogP contribution in [0.3, 0.4) is 0 Å². The van der Waals surface area contributed by atoms with Crippen molar-refractivity contribution in [2.75, 3.05) is 0 Å². The standard InChI is InChI=1S/C19H16F2N4O/c20-13-5-16(21)18(24-9-13)10-26-19-6-15(12-7-22-11-23-8-12)14-3-1-2-4-17(14)25-19/h5-9,11H,1-4,10H2. The van der Waals surface area contributed by atoms with Crippen molar-refractivity contribution >= 4 is 0 Å². The first-order valence-electron chi connectivity index (χ1n) is 8.41. The average Bonchev–Trinajstić information content (AvgIpc) is 2.67. The second kappa shape index (κ2) is 7.11. The maximum atomic E-state index is 13.8. The maximum absolute atomic E-state index is 13.8. The molecule has 4 rings (SSSR count). The maximum Gasteiger partial charge on any atom is 0.214 e. The van der Waals surface area contributed by atoms with E-state index in [1.54, 1.807) is 12.4 Å². The van der Waals surface area contributed by atoms with Crippen LogP contribution in [0.4, 0.5) is 8.78 Å². The van der Waals surface area contributed by atoms with Gasteiger partial charge in [0.2, 0.25) is 5.88 Å². The molecule has 0 bridgehead atoms. The first-order chi connectivity index (χ1) is 12.7. The van der Waals surface area contributed by atoms with Gasteiger partial charge in [0.15, 0.2) is 5.82 Å². The van der Waals surface area contributed by atoms with Gasteiger partial charge in [-0.3, -0.25) is 4.98 Å². The summed E-state index contributed by atoms with van der Waals surface area (Å²) in [6, 6.07) is 2.61. The normalized spacial score (nSPS) is 13.3. The highest BCUT2D eigenvalue weighted by molar-refractivity contribution is 5.68. The van der Waals surface area contributed by atoms with Crippen molar-refractivity contribution in [1.82, 2.24) is 19.9 Å². The molecule has 0 spiro atoms. The molecular weight excluding hydrogens is 338 g/mol. The fourth-order valence-corrected chi connectivity index (χ4v) is 3.14. The number of ether oxygens (including phenoxy) is 1. The predicted molar refractivity (Wildman–Crippen MR) is 90.4 cm³/mol. The minimum Gasteiger partial charge on any atom is -0.471 e. The molecule has 7 heteroatoms. The summed E-state index contributed by atoms with van der Waals surface area (Å²) < 4.78 is 32.4. The molecule has 3 aromatic rings. The van der Waals surface area contributed by atoms with Crippen LogP contribution in [-0.4, -0.2) is 19.9 Å². The number of pyridine rings is 2. The van der Waals surface area contributed by atoms with Gasteiger partial charge in [0.25, 0.3) is 0 Å². The highest BCUT2D eigenvalue weighted by atomic mass is 19.1. The Bertz CT molecular complexity index is 934. The molecule has 0 saturated carbocycles. The molecule has 26 heavy (non-hydrogen) atoms. The Morgan fingerprint density at radius 3 is 2.62 bits per heavy atom. The van der Waals surface area contributed by atoms with E-state index in [9.17, 15) is 8.78 Å². The monoisotopic (exact) mass is 354 g/mol. The lowest BCUT2D eigenvalue weighted by Crippen LogP contribution is -2.10. The topological polar surface area (TPSA) is 60.8 Å². The van der Waals surface area contributed by atoms with Gasteiger partial charge in [-0.1, -0.05) is 0 Å². The van der Waals surface area contributed by atoms with Crippen LogP contribution >= 0.6 is 0 Å². The van der Waals surface area contributed by atoms with Crippen molar-refractivity contribution in [2.24, 2.45) is 0 Å². The second-order valence-corrected chi connectivity index (χ2v) is 6.14. The Morgan fingerprint density at radius 2 is 1.81 bits per heavy atom. The highest BCUT2D eigenvalue weighted by Gasteiger charge is 2.18. The zero-order valence-electron chi connectivity index (χ0n) is 14.0. The molecule has 5 nitrogen and oxygen atoms in total. The van der Waals surface area contributed by atoms with Crippen molar-refractivity contribution < 1.29 is 13.5 Å². The molecule has 3 aromatic heterocycles. The van der Waals surface area contributed by atoms with Crippen LogP contribution in [0.2, 0.25) is 0 Å². The molecule has 0 aliphatic heterocycles. The van der Waals surface area contributed by atoms with Gasteiger partial charge >= 0.3 is 0 Å². The van der Waals surface area contributed by atoms with Gasteiger partial charge in [-0.05, 0) is 36.8 Å². The second-order valence-electron chi connectivity index (χ2n) is 6.14. The summed E-state index contributed by atoms with van der Waals surface area (Å²) in [6.45, 7) is -0.122. The van der Waals surface area contributed by atoms with Gasteiger partial charge in [0.05, 0.1) is 6.20 Å². The summed E-state index contributed by atoms with van der Waals surface area (Å²) in [5, 5.41) is 0. The van der Waals surface area contributed by atoms with Gasteiger partial charge in [-0.2, -0.15) is 0 Å². The largest absolute Gasteiger partial charge is 0.471 e. The van der Waals surface area contributed by atoms with Crippen molar-refractivity contribution in [2.45, 2.75) is 32.3 Å². The van der Waals surface area contributed by atoms with Gasteiger partial charge in [0, 0.05) is 35.8 Å². The smallest absolute Gasteiger partial charge is 0.214 e. The lowest BCUT2D eigenvalue weighted by molar-refractivity contribution is 0.281. The number of aryl methyl sites for hydroxylation is 1. The number of hydrogen-bond donors (Lipinski definition) is 0. The zero-order valence-corrected chi connectivity index (χ0v) is 14.0. The van der Waals surface area contributed by atoms with E-state index >= 15 is 0 Å². The van der Waals surface area contributed by atoms with Crippen LogP contribution in [0.15, 0.2) is 37.1 Å². The molecule has 0 unspecified atom stereocenters. The third-order valence-electron chi connectivity index (χ3n) is 4.39. The Morgan fingerprint density at radius 1 is 1.00 bits per heavy atom. The molecule has 0 saturated heterocycles. The van der Waals surface area contributed by atoms with Crippen molar-refractivity contribution in [3.05, 3.63) is 65.6 Å². The summed E-state index contributed by atoms with van der Waals surface area (Å²) in [7, 11) is 0. The highest BCUT2D eigenvalue weighted by Crippen LogP contribution is 2.33. The summed E-state index contributed by atoms with van der Waals surface area (Å²) in [5.74, 6) is -1.07. The Labute approximate surface area is 149 Å². The SMILES string of the molecule is Fc1cnc(COc2cc(-c3cncnc3)c3c(n2)CCCC3)c(F)c1. The van der Waals surface area contributed by atoms with Crippen LogP contribution in [0.25, 0.3) is 11.1 Å². The van der Waals surface area contributed by atoms with Gasteiger partial charge in [-0.15, -0.1) is 0 Å². The van der Waals surface area contributed by atoms with Crippen LogP contribution in [0.5, 0.6) is 5.88 Å². The lowest BCUT2D eigenvalue weighted by atomic mass is 9.90. The molecule has 0 amide bonds. The minimum absolute atomic E-state index is 0.0375. The van der Waals surface area contributed by atoms with Gasteiger partial charge in [-0.25, -0.2) is 23.7 Å². The first kappa shape index (κ1) is 16.5. The first-order valence-corrected chi connectivity index (χ1v) is 8.41. The molecule has 1 aliphatic rings. The lowest BCUT2D eigenvalue weighted by Gasteiger charge is -2.20. The van der Waals surface area contributed by atoms with Crippen molar-refractivity contribution in [3.8, 4) is 17.0 Å². The van der Waals surface area contributed by atoms with Crippen molar-refractivity contribution in [3.63, 3.8) is 0 Å². The fourth-order valence-electron chi connectivity index (χ4n) is 3.14. The van der Waals surface area contributed by atoms with Gasteiger partial charge in [0.1, 0.15) is 24.4 Å². The minimum atomic E-state index is -0.736. The summed E-state index contributed by atoms with van der Waals surface area (Å²) >= 11 is 0. The Hall–Kier alpha value is -2.96. The number of halogens is 2. The molecule has 0 atom stereocenters. The Kier molecular flexibility index (Phi) is 4.51. The number of fused-ring (bicyclic) bond motifs is 1. The van der Waals surface area contributed by atoms with E-state index in [-0.39, 0.29) is 12.3 Å². The molecule has 0 aromatic carbocycles. The number of hydrogen-bond acceptors (Lipinski definition) is 5. The van der Waals surface area contributed by atoms with Gasteiger partial charge < -0.3 is 4.74 Å². The summed E-state index contributed by atoms with van der Waals surface area (Å²) in [6.07, 6.45) is 9.96. The van der Waals surface area contributed by atoms with E-state index in [0.29, 0.717) is 5.88 Å².